The first kappa shape index (κ1) is 39.2. The molecule has 0 aliphatic heterocycles. The molecule has 0 bridgehead atoms. The summed E-state index contributed by atoms with van der Waals surface area (Å²) in [5.74, 6) is 1.85. The Morgan fingerprint density at radius 1 is 0.235 bits per heavy atom. The molecule has 0 saturated heterocycles. The van der Waals surface area contributed by atoms with Gasteiger partial charge in [-0.05, 0) is 64.2 Å². The lowest BCUT2D eigenvalue weighted by molar-refractivity contribution is 1.07. The molecule has 10 aromatic carbocycles. The number of hydrogen-bond acceptors (Lipinski definition) is 3. The Labute approximate surface area is 393 Å². The molecule has 5 nitrogen and oxygen atoms in total. The summed E-state index contributed by atoms with van der Waals surface area (Å²) in [6.45, 7) is 0. The van der Waals surface area contributed by atoms with Crippen molar-refractivity contribution in [3.8, 4) is 78.9 Å². The second-order valence-electron chi connectivity index (χ2n) is 17.2. The number of fused-ring (bicyclic) bond motifs is 6. The second kappa shape index (κ2) is 16.4. The SMILES string of the molecule is c1ccc(-c2ccc3c4ccccc4n(-c4ccc5c6ccc(-c7ccccc7)cc6n(-c6cc(-c7nc(-c8ccccc8)nc(-c8ccccc8)n7)ccc6-c6ccccc6)c5c4)c3c2)cc1. The van der Waals surface area contributed by atoms with Gasteiger partial charge in [-0.25, -0.2) is 15.0 Å². The monoisotopic (exact) mass is 867 g/mol. The maximum absolute atomic E-state index is 5.20. The van der Waals surface area contributed by atoms with Gasteiger partial charge in [0.25, 0.3) is 0 Å². The minimum Gasteiger partial charge on any atom is -0.309 e. The van der Waals surface area contributed by atoms with Gasteiger partial charge in [0.05, 0.1) is 27.8 Å². The van der Waals surface area contributed by atoms with Crippen LogP contribution in [0, 0.1) is 0 Å². The van der Waals surface area contributed by atoms with Crippen molar-refractivity contribution in [1.29, 1.82) is 0 Å². The van der Waals surface area contributed by atoms with Crippen LogP contribution in [0.4, 0.5) is 0 Å². The van der Waals surface area contributed by atoms with E-state index in [0.717, 1.165) is 77.8 Å². The molecule has 68 heavy (non-hydrogen) atoms. The summed E-state index contributed by atoms with van der Waals surface area (Å²) in [5.41, 5.74) is 16.2. The standard InChI is InChI=1S/C63H41N5/c1-6-18-42(19-7-1)47-30-35-53-52-28-16-17-29-56(52)67(58(53)38-47)50-33-37-55-54-36-31-48(43-20-8-2-9-21-43)39-59(54)68(60(55)41-50)57-40-49(32-34-51(57)44-22-10-3-11-23-44)63-65-61(45-24-12-4-13-25-45)64-62(66-63)46-26-14-5-15-27-46/h1-41H. The third kappa shape index (κ3) is 6.76. The third-order valence-corrected chi connectivity index (χ3v) is 13.2. The lowest BCUT2D eigenvalue weighted by Crippen LogP contribution is -2.02. The number of nitrogens with zero attached hydrogens (tertiary/aromatic N) is 5. The molecule has 0 spiro atoms. The highest BCUT2D eigenvalue weighted by molar-refractivity contribution is 6.13. The number of hydrogen-bond donors (Lipinski definition) is 0. The van der Waals surface area contributed by atoms with E-state index in [1.54, 1.807) is 0 Å². The fourth-order valence-corrected chi connectivity index (χ4v) is 9.93. The van der Waals surface area contributed by atoms with Crippen LogP contribution >= 0.6 is 0 Å². The van der Waals surface area contributed by atoms with Gasteiger partial charge in [0, 0.05) is 49.5 Å². The first-order valence-electron chi connectivity index (χ1n) is 23.0. The van der Waals surface area contributed by atoms with E-state index < -0.39 is 0 Å². The first-order valence-corrected chi connectivity index (χ1v) is 23.0. The summed E-state index contributed by atoms with van der Waals surface area (Å²) in [7, 11) is 0. The van der Waals surface area contributed by atoms with Crippen molar-refractivity contribution in [2.75, 3.05) is 0 Å². The molecule has 3 aromatic heterocycles. The van der Waals surface area contributed by atoms with Crippen LogP contribution in [-0.4, -0.2) is 24.1 Å². The van der Waals surface area contributed by atoms with Crippen molar-refractivity contribution < 1.29 is 0 Å². The van der Waals surface area contributed by atoms with Crippen molar-refractivity contribution in [3.63, 3.8) is 0 Å². The van der Waals surface area contributed by atoms with Crippen LogP contribution in [0.5, 0.6) is 0 Å². The van der Waals surface area contributed by atoms with Gasteiger partial charge in [0.2, 0.25) is 0 Å². The van der Waals surface area contributed by atoms with Crippen LogP contribution in [0.3, 0.4) is 0 Å². The lowest BCUT2D eigenvalue weighted by Gasteiger charge is -2.17. The predicted molar refractivity (Wildman–Crippen MR) is 281 cm³/mol. The summed E-state index contributed by atoms with van der Waals surface area (Å²) < 4.78 is 4.90. The highest BCUT2D eigenvalue weighted by atomic mass is 15.0. The van der Waals surface area contributed by atoms with Crippen LogP contribution in [0.15, 0.2) is 249 Å². The maximum atomic E-state index is 5.20. The van der Waals surface area contributed by atoms with Crippen molar-refractivity contribution in [2.24, 2.45) is 0 Å². The zero-order chi connectivity index (χ0) is 45.0. The van der Waals surface area contributed by atoms with E-state index in [0.29, 0.717) is 17.5 Å². The van der Waals surface area contributed by atoms with E-state index in [-0.39, 0.29) is 0 Å². The molecule has 0 radical (unpaired) electrons. The number of benzene rings is 10. The van der Waals surface area contributed by atoms with E-state index in [4.69, 9.17) is 15.0 Å². The van der Waals surface area contributed by atoms with Crippen LogP contribution in [0.2, 0.25) is 0 Å². The lowest BCUT2D eigenvalue weighted by atomic mass is 10.00. The molecule has 0 unspecified atom stereocenters. The second-order valence-corrected chi connectivity index (χ2v) is 17.2. The summed E-state index contributed by atoms with van der Waals surface area (Å²) in [5, 5.41) is 4.77. The van der Waals surface area contributed by atoms with E-state index in [1.165, 1.54) is 27.3 Å². The van der Waals surface area contributed by atoms with Crippen LogP contribution < -0.4 is 0 Å². The molecular formula is C63H41N5. The summed E-state index contributed by atoms with van der Waals surface area (Å²) in [6.07, 6.45) is 0. The Hall–Kier alpha value is -9.19. The van der Waals surface area contributed by atoms with E-state index in [2.05, 4.69) is 221 Å². The van der Waals surface area contributed by atoms with Crippen LogP contribution in [0.25, 0.3) is 123 Å². The average molecular weight is 868 g/mol. The maximum Gasteiger partial charge on any atom is 0.164 e. The van der Waals surface area contributed by atoms with Crippen molar-refractivity contribution in [2.45, 2.75) is 0 Å². The minimum atomic E-state index is 0.601. The van der Waals surface area contributed by atoms with Crippen LogP contribution in [0.1, 0.15) is 0 Å². The zero-order valence-electron chi connectivity index (χ0n) is 36.9. The molecule has 0 fully saturated rings. The summed E-state index contributed by atoms with van der Waals surface area (Å²) in [4.78, 5) is 15.4. The molecule has 3 heterocycles. The summed E-state index contributed by atoms with van der Waals surface area (Å²) in [6, 6.07) is 88.5. The van der Waals surface area contributed by atoms with Gasteiger partial charge < -0.3 is 9.13 Å². The molecule has 13 rings (SSSR count). The number of aromatic nitrogens is 5. The molecule has 0 amide bonds. The molecule has 0 atom stereocenters. The van der Waals surface area contributed by atoms with Gasteiger partial charge in [-0.15, -0.1) is 0 Å². The molecule has 0 aliphatic carbocycles. The molecule has 5 heteroatoms. The Morgan fingerprint density at radius 3 is 1.18 bits per heavy atom. The largest absolute Gasteiger partial charge is 0.309 e. The van der Waals surface area contributed by atoms with E-state index in [9.17, 15) is 0 Å². The highest BCUT2D eigenvalue weighted by Gasteiger charge is 2.22. The third-order valence-electron chi connectivity index (χ3n) is 13.2. The van der Waals surface area contributed by atoms with E-state index in [1.807, 2.05) is 36.4 Å². The Bertz CT molecular complexity index is 3930. The van der Waals surface area contributed by atoms with E-state index >= 15 is 0 Å². The molecule has 0 saturated carbocycles. The Balaban J connectivity index is 1.11. The molecule has 0 N–H and O–H groups in total. The summed E-state index contributed by atoms with van der Waals surface area (Å²) >= 11 is 0. The van der Waals surface area contributed by atoms with Crippen LogP contribution in [-0.2, 0) is 0 Å². The smallest absolute Gasteiger partial charge is 0.164 e. The Kier molecular flexibility index (Phi) is 9.43. The van der Waals surface area contributed by atoms with Crippen molar-refractivity contribution >= 4 is 43.6 Å². The molecule has 318 valence electrons. The quantitative estimate of drug-likeness (QED) is 0.153. The van der Waals surface area contributed by atoms with Gasteiger partial charge in [-0.1, -0.05) is 212 Å². The number of para-hydroxylation sites is 1. The van der Waals surface area contributed by atoms with Gasteiger partial charge in [-0.2, -0.15) is 0 Å². The van der Waals surface area contributed by atoms with Gasteiger partial charge in [0.15, 0.2) is 17.5 Å². The normalized spacial score (nSPS) is 11.5. The van der Waals surface area contributed by atoms with Gasteiger partial charge >= 0.3 is 0 Å². The molecule has 13 aromatic rings. The molecule has 0 aliphatic rings. The average Bonchev–Trinajstić information content (AvgIpc) is 3.93. The molecular weight excluding hydrogens is 827 g/mol. The fraction of sp³-hybridized carbons (Fsp3) is 0. The number of rotatable bonds is 8. The van der Waals surface area contributed by atoms with Gasteiger partial charge in [0.1, 0.15) is 0 Å². The topological polar surface area (TPSA) is 48.5 Å². The first-order chi connectivity index (χ1) is 33.7. The Morgan fingerprint density at radius 2 is 0.632 bits per heavy atom. The van der Waals surface area contributed by atoms with Crippen molar-refractivity contribution in [1.82, 2.24) is 24.1 Å². The zero-order valence-corrected chi connectivity index (χ0v) is 36.9. The minimum absolute atomic E-state index is 0.601. The highest BCUT2D eigenvalue weighted by Crippen LogP contribution is 2.42. The van der Waals surface area contributed by atoms with Gasteiger partial charge in [-0.3, -0.25) is 0 Å². The predicted octanol–water partition coefficient (Wildman–Crippen LogP) is 16.1. The van der Waals surface area contributed by atoms with Crippen molar-refractivity contribution in [3.05, 3.63) is 249 Å². The fourth-order valence-electron chi connectivity index (χ4n) is 9.93.